The van der Waals surface area contributed by atoms with Gasteiger partial charge in [-0.1, -0.05) is 19.3 Å². The maximum atomic E-state index is 12.2. The van der Waals surface area contributed by atoms with E-state index >= 15 is 0 Å². The molecular weight excluding hydrogens is 252 g/mol. The molecule has 0 spiro atoms. The zero-order chi connectivity index (χ0) is 14.2. The summed E-state index contributed by atoms with van der Waals surface area (Å²) in [7, 11) is 0. The van der Waals surface area contributed by atoms with Crippen LogP contribution in [-0.2, 0) is 6.54 Å². The maximum absolute atomic E-state index is 12.2. The lowest BCUT2D eigenvalue weighted by molar-refractivity contribution is 0.188. The van der Waals surface area contributed by atoms with Gasteiger partial charge >= 0.3 is 6.03 Å². The number of amides is 2. The highest BCUT2D eigenvalue weighted by Crippen LogP contribution is 2.10. The van der Waals surface area contributed by atoms with Gasteiger partial charge in [0.15, 0.2) is 0 Å². The average molecular weight is 278 g/mol. The van der Waals surface area contributed by atoms with E-state index in [2.05, 4.69) is 17.3 Å². The molecule has 2 rings (SSSR count). The summed E-state index contributed by atoms with van der Waals surface area (Å²) in [5.74, 6) is 0. The Bertz CT molecular complexity index is 383. The summed E-state index contributed by atoms with van der Waals surface area (Å²) in [6, 6.07) is 2.20. The summed E-state index contributed by atoms with van der Waals surface area (Å²) in [6.45, 7) is 4.70. The molecule has 1 unspecified atom stereocenters. The second-order valence-corrected chi connectivity index (χ2v) is 5.66. The van der Waals surface area contributed by atoms with Crippen LogP contribution in [0.15, 0.2) is 18.5 Å². The highest BCUT2D eigenvalue weighted by atomic mass is 16.2. The highest BCUT2D eigenvalue weighted by molar-refractivity contribution is 5.74. The van der Waals surface area contributed by atoms with E-state index < -0.39 is 0 Å². The molecule has 0 radical (unpaired) electrons. The number of rotatable bonds is 4. The fraction of sp³-hybridized carbons (Fsp3) is 0.733. The fourth-order valence-corrected chi connectivity index (χ4v) is 2.58. The molecule has 20 heavy (non-hydrogen) atoms. The molecule has 0 bridgehead atoms. The van der Waals surface area contributed by atoms with Crippen molar-refractivity contribution < 1.29 is 4.79 Å². The molecule has 0 aromatic carbocycles. The quantitative estimate of drug-likeness (QED) is 0.920. The van der Waals surface area contributed by atoms with Crippen molar-refractivity contribution in [3.05, 3.63) is 18.5 Å². The van der Waals surface area contributed by atoms with Gasteiger partial charge in [0.2, 0.25) is 0 Å². The molecule has 1 aliphatic heterocycles. The van der Waals surface area contributed by atoms with E-state index in [9.17, 15) is 4.79 Å². The molecule has 1 atom stereocenters. The number of nitrogens with zero attached hydrogens (tertiary/aromatic N) is 3. The van der Waals surface area contributed by atoms with E-state index in [1.807, 2.05) is 21.8 Å². The summed E-state index contributed by atoms with van der Waals surface area (Å²) in [6.07, 6.45) is 10.7. The summed E-state index contributed by atoms with van der Waals surface area (Å²) in [4.78, 5) is 14.2. The van der Waals surface area contributed by atoms with Gasteiger partial charge in [-0.25, -0.2) is 4.79 Å². The second kappa shape index (κ2) is 7.92. The summed E-state index contributed by atoms with van der Waals surface area (Å²) in [5.41, 5.74) is 0. The SMILES string of the molecule is CC(CCn1cccn1)NC(=O)N1CCCCCCC1. The fourth-order valence-electron chi connectivity index (χ4n) is 2.58. The smallest absolute Gasteiger partial charge is 0.317 e. The molecule has 0 aliphatic carbocycles. The summed E-state index contributed by atoms with van der Waals surface area (Å²) in [5, 5.41) is 7.28. The number of nitrogens with one attached hydrogen (secondary N) is 1. The molecule has 112 valence electrons. The van der Waals surface area contributed by atoms with E-state index in [1.54, 1.807) is 6.20 Å². The van der Waals surface area contributed by atoms with E-state index in [0.717, 1.165) is 38.9 Å². The second-order valence-electron chi connectivity index (χ2n) is 5.66. The van der Waals surface area contributed by atoms with Crippen LogP contribution >= 0.6 is 0 Å². The van der Waals surface area contributed by atoms with Gasteiger partial charge in [-0.2, -0.15) is 5.10 Å². The van der Waals surface area contributed by atoms with E-state index in [1.165, 1.54) is 19.3 Å². The predicted octanol–water partition coefficient (Wildman–Crippen LogP) is 2.64. The van der Waals surface area contributed by atoms with Crippen LogP contribution in [0.5, 0.6) is 0 Å². The molecule has 5 heteroatoms. The summed E-state index contributed by atoms with van der Waals surface area (Å²) < 4.78 is 1.90. The Morgan fingerprint density at radius 3 is 2.60 bits per heavy atom. The first-order valence-electron chi connectivity index (χ1n) is 7.78. The number of likely N-dealkylation sites (tertiary alicyclic amines) is 1. The number of hydrogen-bond acceptors (Lipinski definition) is 2. The van der Waals surface area contributed by atoms with Crippen molar-refractivity contribution in [2.24, 2.45) is 0 Å². The molecule has 2 heterocycles. The standard InChI is InChI=1S/C15H26N4O/c1-14(8-13-19-12-7-9-16-19)17-15(20)18-10-5-3-2-4-6-11-18/h7,9,12,14H,2-6,8,10-11,13H2,1H3,(H,17,20). The largest absolute Gasteiger partial charge is 0.335 e. The predicted molar refractivity (Wildman–Crippen MR) is 79.5 cm³/mol. The number of urea groups is 1. The molecule has 1 aromatic heterocycles. The Morgan fingerprint density at radius 1 is 1.25 bits per heavy atom. The van der Waals surface area contributed by atoms with Crippen LogP contribution in [0.25, 0.3) is 0 Å². The van der Waals surface area contributed by atoms with Crippen molar-refractivity contribution >= 4 is 6.03 Å². The molecule has 2 amide bonds. The number of carbonyl (C=O) groups excluding carboxylic acids is 1. The third kappa shape index (κ3) is 4.87. The first-order chi connectivity index (χ1) is 9.75. The minimum atomic E-state index is 0.0971. The zero-order valence-electron chi connectivity index (χ0n) is 12.4. The van der Waals surface area contributed by atoms with Gasteiger partial charge in [0.05, 0.1) is 0 Å². The van der Waals surface area contributed by atoms with E-state index in [0.29, 0.717) is 0 Å². The van der Waals surface area contributed by atoms with Gasteiger partial charge < -0.3 is 10.2 Å². The Labute approximate surface area is 121 Å². The third-order valence-electron chi connectivity index (χ3n) is 3.86. The molecule has 5 nitrogen and oxygen atoms in total. The zero-order valence-corrected chi connectivity index (χ0v) is 12.4. The van der Waals surface area contributed by atoms with Gasteiger partial charge in [-0.05, 0) is 32.3 Å². The van der Waals surface area contributed by atoms with Crippen molar-refractivity contribution in [1.82, 2.24) is 20.0 Å². The minimum absolute atomic E-state index is 0.0971. The monoisotopic (exact) mass is 278 g/mol. The third-order valence-corrected chi connectivity index (χ3v) is 3.86. The Morgan fingerprint density at radius 2 is 1.95 bits per heavy atom. The van der Waals surface area contributed by atoms with Crippen molar-refractivity contribution in [2.75, 3.05) is 13.1 Å². The Kier molecular flexibility index (Phi) is 5.89. The molecule has 1 N–H and O–H groups in total. The van der Waals surface area contributed by atoms with Crippen LogP contribution in [0.3, 0.4) is 0 Å². The van der Waals surface area contributed by atoms with Gasteiger partial charge in [0, 0.05) is 38.1 Å². The van der Waals surface area contributed by atoms with Crippen molar-refractivity contribution in [2.45, 2.75) is 58.0 Å². The van der Waals surface area contributed by atoms with Crippen LogP contribution in [0, 0.1) is 0 Å². The number of aromatic nitrogens is 2. The van der Waals surface area contributed by atoms with Crippen molar-refractivity contribution in [3.63, 3.8) is 0 Å². The lowest BCUT2D eigenvalue weighted by Crippen LogP contribution is -2.45. The van der Waals surface area contributed by atoms with Crippen LogP contribution in [0.1, 0.15) is 45.4 Å². The van der Waals surface area contributed by atoms with Gasteiger partial charge in [-0.3, -0.25) is 4.68 Å². The van der Waals surface area contributed by atoms with Crippen LogP contribution in [0.2, 0.25) is 0 Å². The van der Waals surface area contributed by atoms with Gasteiger partial charge in [-0.15, -0.1) is 0 Å². The highest BCUT2D eigenvalue weighted by Gasteiger charge is 2.16. The van der Waals surface area contributed by atoms with Gasteiger partial charge in [0.1, 0.15) is 0 Å². The molecule has 1 aliphatic rings. The molecule has 1 saturated heterocycles. The molecule has 1 aromatic rings. The van der Waals surface area contributed by atoms with E-state index in [-0.39, 0.29) is 12.1 Å². The van der Waals surface area contributed by atoms with Crippen LogP contribution in [0.4, 0.5) is 4.79 Å². The summed E-state index contributed by atoms with van der Waals surface area (Å²) >= 11 is 0. The molecule has 1 fully saturated rings. The van der Waals surface area contributed by atoms with Crippen LogP contribution in [-0.4, -0.2) is 39.8 Å². The number of carbonyl (C=O) groups is 1. The Hall–Kier alpha value is -1.52. The van der Waals surface area contributed by atoms with Gasteiger partial charge in [0.25, 0.3) is 0 Å². The first-order valence-corrected chi connectivity index (χ1v) is 7.78. The minimum Gasteiger partial charge on any atom is -0.335 e. The maximum Gasteiger partial charge on any atom is 0.317 e. The average Bonchev–Trinajstić information content (AvgIpc) is 2.88. The number of hydrogen-bond donors (Lipinski definition) is 1. The first kappa shape index (κ1) is 14.9. The topological polar surface area (TPSA) is 50.2 Å². The lowest BCUT2D eigenvalue weighted by Gasteiger charge is -2.26. The molecular formula is C15H26N4O. The van der Waals surface area contributed by atoms with Crippen molar-refractivity contribution in [3.8, 4) is 0 Å². The number of aryl methyl sites for hydroxylation is 1. The normalized spacial score (nSPS) is 18.1. The molecule has 0 saturated carbocycles. The lowest BCUT2D eigenvalue weighted by atomic mass is 10.1. The van der Waals surface area contributed by atoms with Crippen LogP contribution < -0.4 is 5.32 Å². The van der Waals surface area contributed by atoms with E-state index in [4.69, 9.17) is 0 Å². The van der Waals surface area contributed by atoms with Crippen molar-refractivity contribution in [1.29, 1.82) is 0 Å². The Balaban J connectivity index is 1.71.